The van der Waals surface area contributed by atoms with E-state index in [1.54, 1.807) is 12.1 Å². The summed E-state index contributed by atoms with van der Waals surface area (Å²) >= 11 is 11.0. The average Bonchev–Trinajstić information content (AvgIpc) is 1.94. The summed E-state index contributed by atoms with van der Waals surface area (Å²) in [5.74, 6) is 0.612. The molecule has 0 spiro atoms. The van der Waals surface area contributed by atoms with E-state index in [1.165, 1.54) is 0 Å². The van der Waals surface area contributed by atoms with Crippen molar-refractivity contribution >= 4 is 31.0 Å². The molecule has 0 aliphatic carbocycles. The molecule has 0 saturated carbocycles. The van der Waals surface area contributed by atoms with Crippen LogP contribution in [0.5, 0.6) is 5.75 Å². The Morgan fingerprint density at radius 3 is 2.60 bits per heavy atom. The van der Waals surface area contributed by atoms with E-state index in [1.807, 2.05) is 12.1 Å². The lowest BCUT2D eigenvalue weighted by Crippen LogP contribution is -1.74. The van der Waals surface area contributed by atoms with Gasteiger partial charge in [0.15, 0.2) is 0 Å². The molecule has 0 fully saturated rings. The minimum absolute atomic E-state index is 0.338. The number of rotatable bonds is 2. The predicted octanol–water partition coefficient (Wildman–Crippen LogP) is 3.73. The highest BCUT2D eigenvalue weighted by Gasteiger charge is 1.97. The number of halogens is 2. The fraction of sp³-hybridized carbons (Fsp3) is 0. The van der Waals surface area contributed by atoms with E-state index >= 15 is 0 Å². The predicted molar refractivity (Wildman–Crippen MR) is 44.9 cm³/mol. The van der Waals surface area contributed by atoms with E-state index in [2.05, 4.69) is 0 Å². The third-order valence-electron chi connectivity index (χ3n) is 0.970. The van der Waals surface area contributed by atoms with Gasteiger partial charge in [-0.25, -0.2) is 0 Å². The fourth-order valence-corrected chi connectivity index (χ4v) is 1.24. The molecule has 0 N–H and O–H groups in total. The Bertz CT molecular complexity index is 217. The smallest absolute Gasteiger partial charge is 0.264 e. The Morgan fingerprint density at radius 2 is 2.00 bits per heavy atom. The van der Waals surface area contributed by atoms with E-state index in [-0.39, 0.29) is 0 Å². The maximum atomic E-state index is 5.71. The Kier molecular flexibility index (Phi) is 3.27. The van der Waals surface area contributed by atoms with Gasteiger partial charge in [-0.15, -0.1) is 0 Å². The standard InChI is InChI=1S/C6H4Cl2OP/c7-5-3-1-2-4-6(5)9-10-8/h1-4H. The third kappa shape index (κ3) is 2.02. The zero-order chi connectivity index (χ0) is 7.40. The van der Waals surface area contributed by atoms with Gasteiger partial charge < -0.3 is 4.52 Å². The topological polar surface area (TPSA) is 9.23 Å². The molecule has 1 rings (SSSR count). The van der Waals surface area contributed by atoms with Crippen molar-refractivity contribution in [2.45, 2.75) is 0 Å². The van der Waals surface area contributed by atoms with Crippen molar-refractivity contribution in [3.63, 3.8) is 0 Å². The summed E-state index contributed by atoms with van der Waals surface area (Å²) in [6, 6.07) is 7.18. The van der Waals surface area contributed by atoms with Gasteiger partial charge in [-0.1, -0.05) is 23.7 Å². The van der Waals surface area contributed by atoms with Gasteiger partial charge in [-0.3, -0.25) is 0 Å². The van der Waals surface area contributed by atoms with Crippen LogP contribution in [0.1, 0.15) is 0 Å². The van der Waals surface area contributed by atoms with Gasteiger partial charge in [0.25, 0.3) is 8.16 Å². The molecule has 0 heterocycles. The second-order valence-corrected chi connectivity index (χ2v) is 2.73. The molecule has 0 bridgehead atoms. The van der Waals surface area contributed by atoms with Gasteiger partial charge >= 0.3 is 0 Å². The Labute approximate surface area is 70.9 Å². The fourth-order valence-electron chi connectivity index (χ4n) is 0.556. The first-order valence-electron chi connectivity index (χ1n) is 2.57. The van der Waals surface area contributed by atoms with Gasteiger partial charge in [0.2, 0.25) is 0 Å². The maximum absolute atomic E-state index is 5.71. The van der Waals surface area contributed by atoms with Crippen LogP contribution in [0.25, 0.3) is 0 Å². The largest absolute Gasteiger partial charge is 0.448 e. The van der Waals surface area contributed by atoms with E-state index in [4.69, 9.17) is 27.4 Å². The van der Waals surface area contributed by atoms with Crippen molar-refractivity contribution in [1.29, 1.82) is 0 Å². The molecule has 0 saturated heterocycles. The Balaban J connectivity index is 2.81. The molecular formula is C6H4Cl2OP. The summed E-state index contributed by atoms with van der Waals surface area (Å²) in [4.78, 5) is 0. The van der Waals surface area contributed by atoms with E-state index in [0.29, 0.717) is 18.9 Å². The molecular weight excluding hydrogens is 190 g/mol. The lowest BCUT2D eigenvalue weighted by Gasteiger charge is -1.99. The van der Waals surface area contributed by atoms with Crippen molar-refractivity contribution in [3.8, 4) is 5.75 Å². The summed E-state index contributed by atoms with van der Waals surface area (Å²) in [7, 11) is 0.338. The van der Waals surface area contributed by atoms with Crippen LogP contribution in [0.4, 0.5) is 0 Å². The molecule has 0 aliphatic rings. The summed E-state index contributed by atoms with van der Waals surface area (Å²) in [6.45, 7) is 0. The van der Waals surface area contributed by atoms with Crippen molar-refractivity contribution in [3.05, 3.63) is 29.3 Å². The lowest BCUT2D eigenvalue weighted by atomic mass is 10.3. The molecule has 1 aromatic rings. The first kappa shape index (κ1) is 8.13. The minimum atomic E-state index is 0.338. The quantitative estimate of drug-likeness (QED) is 0.651. The van der Waals surface area contributed by atoms with Gasteiger partial charge in [-0.05, 0) is 23.4 Å². The molecule has 0 atom stereocenters. The van der Waals surface area contributed by atoms with Gasteiger partial charge in [0, 0.05) is 0 Å². The van der Waals surface area contributed by atoms with Crippen molar-refractivity contribution < 1.29 is 4.52 Å². The number of benzene rings is 1. The average molecular weight is 194 g/mol. The van der Waals surface area contributed by atoms with E-state index in [0.717, 1.165) is 0 Å². The number of hydrogen-bond acceptors (Lipinski definition) is 1. The normalized spacial score (nSPS) is 10.6. The molecule has 4 heteroatoms. The van der Waals surface area contributed by atoms with Crippen LogP contribution in [-0.2, 0) is 0 Å². The molecule has 1 radical (unpaired) electrons. The van der Waals surface area contributed by atoms with E-state index in [9.17, 15) is 0 Å². The van der Waals surface area contributed by atoms with Crippen molar-refractivity contribution in [2.75, 3.05) is 0 Å². The third-order valence-corrected chi connectivity index (χ3v) is 1.75. The van der Waals surface area contributed by atoms with Crippen LogP contribution in [-0.4, -0.2) is 0 Å². The molecule has 1 aromatic carbocycles. The molecule has 1 nitrogen and oxygen atoms in total. The molecule has 0 amide bonds. The van der Waals surface area contributed by atoms with Gasteiger partial charge in [0.1, 0.15) is 5.75 Å². The van der Waals surface area contributed by atoms with Crippen molar-refractivity contribution in [2.24, 2.45) is 0 Å². The summed E-state index contributed by atoms with van der Waals surface area (Å²) in [6.07, 6.45) is 0. The van der Waals surface area contributed by atoms with Crippen LogP contribution in [0, 0.1) is 0 Å². The molecule has 0 aliphatic heterocycles. The molecule has 10 heavy (non-hydrogen) atoms. The van der Waals surface area contributed by atoms with Crippen LogP contribution < -0.4 is 4.52 Å². The SMILES string of the molecule is Cl[P]Oc1ccccc1Cl. The zero-order valence-corrected chi connectivity index (χ0v) is 7.33. The number of hydrogen-bond donors (Lipinski definition) is 0. The highest BCUT2D eigenvalue weighted by molar-refractivity contribution is 7.64. The molecule has 0 aromatic heterocycles. The zero-order valence-electron chi connectivity index (χ0n) is 4.92. The van der Waals surface area contributed by atoms with Crippen LogP contribution in [0.3, 0.4) is 0 Å². The maximum Gasteiger partial charge on any atom is 0.264 e. The Morgan fingerprint density at radius 1 is 1.30 bits per heavy atom. The summed E-state index contributed by atoms with van der Waals surface area (Å²) in [5, 5.41) is 0.579. The Hall–Kier alpha value is 0.0300. The van der Waals surface area contributed by atoms with Crippen LogP contribution >= 0.6 is 31.0 Å². The molecule has 0 unspecified atom stereocenters. The molecule has 53 valence electrons. The van der Waals surface area contributed by atoms with Crippen molar-refractivity contribution in [1.82, 2.24) is 0 Å². The summed E-state index contributed by atoms with van der Waals surface area (Å²) in [5.41, 5.74) is 0. The van der Waals surface area contributed by atoms with Gasteiger partial charge in [-0.2, -0.15) is 0 Å². The second kappa shape index (κ2) is 4.02. The highest BCUT2D eigenvalue weighted by Crippen LogP contribution is 2.30. The van der Waals surface area contributed by atoms with Crippen LogP contribution in [0.15, 0.2) is 24.3 Å². The monoisotopic (exact) mass is 193 g/mol. The first-order valence-corrected chi connectivity index (χ1v) is 4.67. The summed E-state index contributed by atoms with van der Waals surface area (Å²) < 4.78 is 4.94. The lowest BCUT2D eigenvalue weighted by molar-refractivity contribution is 0.642. The van der Waals surface area contributed by atoms with E-state index < -0.39 is 0 Å². The second-order valence-electron chi connectivity index (χ2n) is 1.59. The first-order chi connectivity index (χ1) is 4.84. The van der Waals surface area contributed by atoms with Crippen LogP contribution in [0.2, 0.25) is 5.02 Å². The van der Waals surface area contributed by atoms with Gasteiger partial charge in [0.05, 0.1) is 5.02 Å². The number of para-hydroxylation sites is 1. The minimum Gasteiger partial charge on any atom is -0.448 e. The highest BCUT2D eigenvalue weighted by atomic mass is 35.7.